The Morgan fingerprint density at radius 1 is 1.13 bits per heavy atom. The number of hydrogen-bond donors (Lipinski definition) is 2. The first-order chi connectivity index (χ1) is 14.3. The summed E-state index contributed by atoms with van der Waals surface area (Å²) < 4.78 is 38.3. The number of rotatable bonds is 7. The summed E-state index contributed by atoms with van der Waals surface area (Å²) >= 11 is 0. The average Bonchev–Trinajstić information content (AvgIpc) is 2.74. The molecule has 0 aliphatic carbocycles. The number of ether oxygens (including phenoxy) is 2. The number of morpholine rings is 1. The molecule has 0 bridgehead atoms. The molecule has 1 unspecified atom stereocenters. The maximum absolute atomic E-state index is 12.6. The van der Waals surface area contributed by atoms with E-state index in [1.165, 1.54) is 26.2 Å². The Morgan fingerprint density at radius 2 is 1.80 bits per heavy atom. The highest BCUT2D eigenvalue weighted by Gasteiger charge is 2.23. The van der Waals surface area contributed by atoms with Gasteiger partial charge in [0.15, 0.2) is 0 Å². The van der Waals surface area contributed by atoms with Gasteiger partial charge in [0.2, 0.25) is 15.9 Å². The molecule has 0 spiro atoms. The van der Waals surface area contributed by atoms with Crippen molar-refractivity contribution in [1.29, 1.82) is 0 Å². The molecule has 2 aromatic carbocycles. The van der Waals surface area contributed by atoms with Crippen LogP contribution in [0.2, 0.25) is 0 Å². The number of hydrogen-bond acceptors (Lipinski definition) is 6. The monoisotopic (exact) mass is 433 g/mol. The van der Waals surface area contributed by atoms with Crippen molar-refractivity contribution < 1.29 is 22.7 Å². The van der Waals surface area contributed by atoms with Crippen LogP contribution in [0.25, 0.3) is 0 Å². The van der Waals surface area contributed by atoms with E-state index in [1.54, 1.807) is 18.2 Å². The zero-order valence-corrected chi connectivity index (χ0v) is 18.2. The first-order valence-electron chi connectivity index (χ1n) is 9.71. The predicted molar refractivity (Wildman–Crippen MR) is 116 cm³/mol. The normalized spacial score (nSPS) is 15.5. The van der Waals surface area contributed by atoms with Crippen molar-refractivity contribution in [2.75, 3.05) is 43.6 Å². The second-order valence-corrected chi connectivity index (χ2v) is 8.84. The minimum Gasteiger partial charge on any atom is -0.494 e. The molecule has 2 N–H and O–H groups in total. The van der Waals surface area contributed by atoms with Crippen molar-refractivity contribution in [2.45, 2.75) is 24.8 Å². The van der Waals surface area contributed by atoms with Crippen LogP contribution in [0.4, 0.5) is 11.4 Å². The minimum absolute atomic E-state index is 0.111. The van der Waals surface area contributed by atoms with Gasteiger partial charge in [0.05, 0.1) is 36.9 Å². The van der Waals surface area contributed by atoms with Crippen LogP contribution in [0.15, 0.2) is 47.4 Å². The van der Waals surface area contributed by atoms with Gasteiger partial charge in [-0.05, 0) is 38.1 Å². The molecule has 9 heteroatoms. The molecule has 2 aromatic rings. The number of nitrogens with one attached hydrogen (secondary N) is 2. The minimum atomic E-state index is -3.81. The smallest absolute Gasteiger partial charge is 0.242 e. The summed E-state index contributed by atoms with van der Waals surface area (Å²) in [7, 11) is -2.29. The number of sulfonamides is 1. The van der Waals surface area contributed by atoms with Gasteiger partial charge < -0.3 is 19.7 Å². The highest BCUT2D eigenvalue weighted by Crippen LogP contribution is 2.30. The van der Waals surface area contributed by atoms with Crippen molar-refractivity contribution in [3.05, 3.63) is 48.0 Å². The van der Waals surface area contributed by atoms with E-state index < -0.39 is 22.0 Å². The quantitative estimate of drug-likeness (QED) is 0.695. The van der Waals surface area contributed by atoms with Crippen LogP contribution in [0.1, 0.15) is 12.5 Å². The standard InChI is InChI=1S/C21H27N3O5S/c1-15-4-7-18(8-5-15)30(26,27)23-16(2)21(25)22-19-9-6-17(14-20(19)28-3)24-10-12-29-13-11-24/h4-9,14,16,23H,10-13H2,1-3H3,(H,22,25). The Morgan fingerprint density at radius 3 is 2.43 bits per heavy atom. The van der Waals surface area contributed by atoms with E-state index in [4.69, 9.17) is 9.47 Å². The summed E-state index contributed by atoms with van der Waals surface area (Å²) in [6, 6.07) is 11.0. The van der Waals surface area contributed by atoms with Crippen molar-refractivity contribution in [1.82, 2.24) is 4.72 Å². The maximum atomic E-state index is 12.6. The summed E-state index contributed by atoms with van der Waals surface area (Å²) in [6.07, 6.45) is 0. The zero-order valence-electron chi connectivity index (χ0n) is 17.3. The average molecular weight is 434 g/mol. The summed E-state index contributed by atoms with van der Waals surface area (Å²) in [6.45, 7) is 6.27. The van der Waals surface area contributed by atoms with Crippen LogP contribution in [0, 0.1) is 6.92 Å². The molecule has 1 fully saturated rings. The first kappa shape index (κ1) is 22.1. The summed E-state index contributed by atoms with van der Waals surface area (Å²) in [5.41, 5.74) is 2.40. The third-order valence-corrected chi connectivity index (χ3v) is 6.43. The number of benzene rings is 2. The number of carbonyl (C=O) groups excluding carboxylic acids is 1. The van der Waals surface area contributed by atoms with Crippen molar-refractivity contribution in [2.24, 2.45) is 0 Å². The summed E-state index contributed by atoms with van der Waals surface area (Å²) in [5, 5.41) is 2.74. The second kappa shape index (κ2) is 9.46. The van der Waals surface area contributed by atoms with E-state index in [1.807, 2.05) is 19.1 Å². The van der Waals surface area contributed by atoms with Gasteiger partial charge >= 0.3 is 0 Å². The lowest BCUT2D eigenvalue weighted by atomic mass is 10.2. The number of nitrogens with zero attached hydrogens (tertiary/aromatic N) is 1. The molecule has 1 aliphatic heterocycles. The molecule has 0 saturated carbocycles. The molecule has 1 atom stereocenters. The molecular formula is C21H27N3O5S. The van der Waals surface area contributed by atoms with Crippen LogP contribution in [-0.2, 0) is 19.6 Å². The molecule has 30 heavy (non-hydrogen) atoms. The molecule has 1 aliphatic rings. The van der Waals surface area contributed by atoms with E-state index in [9.17, 15) is 13.2 Å². The third kappa shape index (κ3) is 5.29. The van der Waals surface area contributed by atoms with Gasteiger partial charge in [-0.1, -0.05) is 17.7 Å². The molecule has 1 saturated heterocycles. The molecule has 8 nitrogen and oxygen atoms in total. The number of carbonyl (C=O) groups is 1. The first-order valence-corrected chi connectivity index (χ1v) is 11.2. The van der Waals surface area contributed by atoms with E-state index in [0.29, 0.717) is 24.7 Å². The largest absolute Gasteiger partial charge is 0.494 e. The predicted octanol–water partition coefficient (Wildman–Crippen LogP) is 2.15. The summed E-state index contributed by atoms with van der Waals surface area (Å²) in [4.78, 5) is 14.9. The van der Waals surface area contributed by atoms with Crippen LogP contribution < -0.4 is 19.7 Å². The number of amides is 1. The van der Waals surface area contributed by atoms with Crippen molar-refractivity contribution >= 4 is 27.3 Å². The highest BCUT2D eigenvalue weighted by atomic mass is 32.2. The number of aryl methyl sites for hydroxylation is 1. The Bertz CT molecular complexity index is 986. The van der Waals surface area contributed by atoms with E-state index in [-0.39, 0.29) is 4.90 Å². The van der Waals surface area contributed by atoms with Crippen molar-refractivity contribution in [3.8, 4) is 5.75 Å². The lowest BCUT2D eigenvalue weighted by Gasteiger charge is -2.29. The lowest BCUT2D eigenvalue weighted by Crippen LogP contribution is -2.41. The molecule has 0 aromatic heterocycles. The van der Waals surface area contributed by atoms with E-state index in [2.05, 4.69) is 14.9 Å². The van der Waals surface area contributed by atoms with Gasteiger partial charge in [-0.2, -0.15) is 4.72 Å². The van der Waals surface area contributed by atoms with Gasteiger partial charge in [0, 0.05) is 24.8 Å². The Kier molecular flexibility index (Phi) is 6.96. The highest BCUT2D eigenvalue weighted by molar-refractivity contribution is 7.89. The Hall–Kier alpha value is -2.62. The van der Waals surface area contributed by atoms with Gasteiger partial charge in [0.25, 0.3) is 0 Å². The molecule has 0 radical (unpaired) electrons. The molecule has 3 rings (SSSR count). The second-order valence-electron chi connectivity index (χ2n) is 7.13. The van der Waals surface area contributed by atoms with Gasteiger partial charge in [0.1, 0.15) is 5.75 Å². The maximum Gasteiger partial charge on any atom is 0.242 e. The number of methoxy groups -OCH3 is 1. The van der Waals surface area contributed by atoms with Crippen LogP contribution >= 0.6 is 0 Å². The lowest BCUT2D eigenvalue weighted by molar-refractivity contribution is -0.117. The van der Waals surface area contributed by atoms with E-state index in [0.717, 1.165) is 24.3 Å². The van der Waals surface area contributed by atoms with Crippen LogP contribution in [0.3, 0.4) is 0 Å². The molecule has 1 amide bonds. The molecule has 1 heterocycles. The van der Waals surface area contributed by atoms with Gasteiger partial charge in [-0.25, -0.2) is 8.42 Å². The van der Waals surface area contributed by atoms with Crippen LogP contribution in [-0.4, -0.2) is 53.8 Å². The fourth-order valence-electron chi connectivity index (χ4n) is 3.11. The van der Waals surface area contributed by atoms with Crippen molar-refractivity contribution in [3.63, 3.8) is 0 Å². The fraction of sp³-hybridized carbons (Fsp3) is 0.381. The van der Waals surface area contributed by atoms with E-state index >= 15 is 0 Å². The Labute approximate surface area is 177 Å². The van der Waals surface area contributed by atoms with Gasteiger partial charge in [-0.3, -0.25) is 4.79 Å². The third-order valence-electron chi connectivity index (χ3n) is 4.88. The SMILES string of the molecule is COc1cc(N2CCOCC2)ccc1NC(=O)C(C)NS(=O)(=O)c1ccc(C)cc1. The molecular weight excluding hydrogens is 406 g/mol. The zero-order chi connectivity index (χ0) is 21.7. The Balaban J connectivity index is 1.69. The van der Waals surface area contributed by atoms with Gasteiger partial charge in [-0.15, -0.1) is 0 Å². The topological polar surface area (TPSA) is 97.0 Å². The molecule has 162 valence electrons. The fourth-order valence-corrected chi connectivity index (χ4v) is 4.32. The summed E-state index contributed by atoms with van der Waals surface area (Å²) in [5.74, 6) is 0.0176. The number of anilines is 2. The van der Waals surface area contributed by atoms with Crippen LogP contribution in [0.5, 0.6) is 5.75 Å².